The van der Waals surface area contributed by atoms with E-state index in [0.29, 0.717) is 17.1 Å². The number of amides is 1. The van der Waals surface area contributed by atoms with Gasteiger partial charge in [0.05, 0.1) is 0 Å². The Balaban J connectivity index is 1.35. The molecule has 2 aromatic heterocycles. The Morgan fingerprint density at radius 1 is 1.21 bits per heavy atom. The maximum absolute atomic E-state index is 12.2. The molecular formula is C19H15ClN6OS2. The molecular weight excluding hydrogens is 428 g/mol. The maximum atomic E-state index is 12.2. The van der Waals surface area contributed by atoms with Crippen molar-refractivity contribution in [3.63, 3.8) is 0 Å². The molecule has 0 aliphatic carbocycles. The summed E-state index contributed by atoms with van der Waals surface area (Å²) in [6.45, 7) is 2.35. The largest absolute Gasteiger partial charge is 0.358 e. The summed E-state index contributed by atoms with van der Waals surface area (Å²) in [4.78, 5) is 12.9. The van der Waals surface area contributed by atoms with E-state index >= 15 is 0 Å². The fourth-order valence-corrected chi connectivity index (χ4v) is 3.87. The summed E-state index contributed by atoms with van der Waals surface area (Å²) < 4.78 is 1.73. The van der Waals surface area contributed by atoms with E-state index in [1.807, 2.05) is 31.2 Å². The van der Waals surface area contributed by atoms with E-state index in [2.05, 4.69) is 25.9 Å². The first-order chi connectivity index (χ1) is 14.0. The van der Waals surface area contributed by atoms with E-state index in [1.165, 1.54) is 11.3 Å². The Morgan fingerprint density at radius 3 is 2.72 bits per heavy atom. The van der Waals surface area contributed by atoms with Gasteiger partial charge in [-0.25, -0.2) is 0 Å². The van der Waals surface area contributed by atoms with E-state index in [4.69, 9.17) is 23.8 Å². The maximum Gasteiger partial charge on any atom is 0.257 e. The SMILES string of the molecule is Cc1nnc2sc(-c3ccc(CNC(=S)NC(=O)c4cccc(Cl)c4)cc3)nn12. The molecule has 7 nitrogen and oxygen atoms in total. The van der Waals surface area contributed by atoms with Gasteiger partial charge in [0.25, 0.3) is 5.91 Å². The van der Waals surface area contributed by atoms with E-state index in [1.54, 1.807) is 28.8 Å². The van der Waals surface area contributed by atoms with Gasteiger partial charge in [-0.3, -0.25) is 10.1 Å². The minimum atomic E-state index is -0.307. The van der Waals surface area contributed by atoms with E-state index in [0.717, 1.165) is 26.9 Å². The number of fused-ring (bicyclic) bond motifs is 1. The highest BCUT2D eigenvalue weighted by Gasteiger charge is 2.11. The van der Waals surface area contributed by atoms with Gasteiger partial charge in [-0.1, -0.05) is 53.3 Å². The van der Waals surface area contributed by atoms with Crippen LogP contribution >= 0.6 is 35.2 Å². The molecule has 10 heteroatoms. The molecule has 2 aromatic carbocycles. The fourth-order valence-electron chi connectivity index (χ4n) is 2.63. The van der Waals surface area contributed by atoms with Crippen LogP contribution in [0.1, 0.15) is 21.7 Å². The lowest BCUT2D eigenvalue weighted by Crippen LogP contribution is -2.38. The number of aryl methyl sites for hydroxylation is 1. The Labute approximate surface area is 180 Å². The topological polar surface area (TPSA) is 84.2 Å². The summed E-state index contributed by atoms with van der Waals surface area (Å²) in [5, 5.41) is 19.9. The van der Waals surface area contributed by atoms with Crippen LogP contribution in [0.2, 0.25) is 5.02 Å². The number of rotatable bonds is 4. The number of benzene rings is 2. The summed E-state index contributed by atoms with van der Waals surface area (Å²) in [5.74, 6) is 0.454. The number of nitrogens with zero attached hydrogens (tertiary/aromatic N) is 4. The number of carbonyl (C=O) groups is 1. The van der Waals surface area contributed by atoms with Crippen LogP contribution in [0.5, 0.6) is 0 Å². The molecule has 2 heterocycles. The van der Waals surface area contributed by atoms with Gasteiger partial charge in [0, 0.05) is 22.7 Å². The molecule has 0 aliphatic rings. The molecule has 0 saturated heterocycles. The highest BCUT2D eigenvalue weighted by Crippen LogP contribution is 2.25. The molecule has 0 atom stereocenters. The van der Waals surface area contributed by atoms with Crippen molar-refractivity contribution in [2.45, 2.75) is 13.5 Å². The third kappa shape index (κ3) is 4.42. The number of hydrogen-bond donors (Lipinski definition) is 2. The Hall–Kier alpha value is -2.88. The number of aromatic nitrogens is 4. The smallest absolute Gasteiger partial charge is 0.257 e. The van der Waals surface area contributed by atoms with Gasteiger partial charge in [0.1, 0.15) is 5.01 Å². The van der Waals surface area contributed by atoms with Crippen molar-refractivity contribution < 1.29 is 4.79 Å². The van der Waals surface area contributed by atoms with Crippen molar-refractivity contribution in [1.29, 1.82) is 0 Å². The summed E-state index contributed by atoms with van der Waals surface area (Å²) in [6.07, 6.45) is 0. The van der Waals surface area contributed by atoms with Crippen molar-refractivity contribution in [2.75, 3.05) is 0 Å². The third-order valence-corrected chi connectivity index (χ3v) is 5.54. The number of carbonyl (C=O) groups excluding carboxylic acids is 1. The second-order valence-electron chi connectivity index (χ2n) is 6.19. The first-order valence-electron chi connectivity index (χ1n) is 8.62. The van der Waals surface area contributed by atoms with Crippen LogP contribution in [-0.4, -0.2) is 30.8 Å². The average molecular weight is 443 g/mol. The Bertz CT molecular complexity index is 1200. The highest BCUT2D eigenvalue weighted by atomic mass is 35.5. The van der Waals surface area contributed by atoms with Crippen LogP contribution in [0.4, 0.5) is 0 Å². The van der Waals surface area contributed by atoms with E-state index in [-0.39, 0.29) is 11.0 Å². The lowest BCUT2D eigenvalue weighted by atomic mass is 10.1. The molecule has 0 spiro atoms. The van der Waals surface area contributed by atoms with Crippen molar-refractivity contribution in [1.82, 2.24) is 30.4 Å². The second-order valence-corrected chi connectivity index (χ2v) is 7.99. The van der Waals surface area contributed by atoms with Crippen LogP contribution in [-0.2, 0) is 6.54 Å². The lowest BCUT2D eigenvalue weighted by molar-refractivity contribution is 0.0976. The molecule has 29 heavy (non-hydrogen) atoms. The van der Waals surface area contributed by atoms with Crippen LogP contribution in [0.3, 0.4) is 0 Å². The van der Waals surface area contributed by atoms with E-state index < -0.39 is 0 Å². The van der Waals surface area contributed by atoms with Crippen molar-refractivity contribution in [2.24, 2.45) is 0 Å². The molecule has 0 aliphatic heterocycles. The molecule has 146 valence electrons. The molecule has 2 N–H and O–H groups in total. The molecule has 4 rings (SSSR count). The molecule has 4 aromatic rings. The monoisotopic (exact) mass is 442 g/mol. The Morgan fingerprint density at radius 2 is 2.00 bits per heavy atom. The number of nitrogens with one attached hydrogen (secondary N) is 2. The summed E-state index contributed by atoms with van der Waals surface area (Å²) in [6, 6.07) is 14.6. The Kier molecular flexibility index (Phi) is 5.52. The summed E-state index contributed by atoms with van der Waals surface area (Å²) in [7, 11) is 0. The minimum absolute atomic E-state index is 0.253. The predicted octanol–water partition coefficient (Wildman–Crippen LogP) is 3.62. The van der Waals surface area contributed by atoms with Gasteiger partial charge in [-0.2, -0.15) is 9.61 Å². The van der Waals surface area contributed by atoms with Gasteiger partial charge in [0.2, 0.25) is 4.96 Å². The van der Waals surface area contributed by atoms with Crippen molar-refractivity contribution in [3.8, 4) is 10.6 Å². The number of halogens is 1. The molecule has 0 saturated carbocycles. The zero-order valence-corrected chi connectivity index (χ0v) is 17.6. The van der Waals surface area contributed by atoms with Crippen LogP contribution in [0.25, 0.3) is 15.5 Å². The van der Waals surface area contributed by atoms with E-state index in [9.17, 15) is 4.79 Å². The summed E-state index contributed by atoms with van der Waals surface area (Å²) in [5.41, 5.74) is 2.47. The summed E-state index contributed by atoms with van der Waals surface area (Å²) >= 11 is 12.6. The second kappa shape index (κ2) is 8.24. The van der Waals surface area contributed by atoms with Gasteiger partial charge in [-0.05, 0) is 42.9 Å². The van der Waals surface area contributed by atoms with Crippen LogP contribution < -0.4 is 10.6 Å². The molecule has 1 amide bonds. The zero-order chi connectivity index (χ0) is 20.4. The standard InChI is InChI=1S/C19H15ClN6OS2/c1-11-23-24-19-26(11)25-17(29-19)13-7-5-12(6-8-13)10-21-18(28)22-16(27)14-3-2-4-15(20)9-14/h2-9H,10H2,1H3,(H2,21,22,27,28). The third-order valence-electron chi connectivity index (χ3n) is 4.11. The number of thiocarbonyl (C=S) groups is 1. The first kappa shape index (κ1) is 19.4. The van der Waals surface area contributed by atoms with Gasteiger partial charge >= 0.3 is 0 Å². The van der Waals surface area contributed by atoms with Gasteiger partial charge in [0.15, 0.2) is 10.9 Å². The normalized spacial score (nSPS) is 10.8. The lowest BCUT2D eigenvalue weighted by Gasteiger charge is -2.10. The minimum Gasteiger partial charge on any atom is -0.358 e. The van der Waals surface area contributed by atoms with Crippen molar-refractivity contribution in [3.05, 3.63) is 70.5 Å². The predicted molar refractivity (Wildman–Crippen MR) is 117 cm³/mol. The first-order valence-corrected chi connectivity index (χ1v) is 10.2. The highest BCUT2D eigenvalue weighted by molar-refractivity contribution is 7.80. The molecule has 0 radical (unpaired) electrons. The quantitative estimate of drug-likeness (QED) is 0.469. The average Bonchev–Trinajstić information content (AvgIpc) is 3.29. The fraction of sp³-hybridized carbons (Fsp3) is 0.105. The van der Waals surface area contributed by atoms with Gasteiger partial charge in [-0.15, -0.1) is 10.2 Å². The molecule has 0 fully saturated rings. The molecule has 0 bridgehead atoms. The zero-order valence-electron chi connectivity index (χ0n) is 15.2. The number of hydrogen-bond acceptors (Lipinski definition) is 6. The molecule has 0 unspecified atom stereocenters. The van der Waals surface area contributed by atoms with Crippen molar-refractivity contribution >= 4 is 51.1 Å². The van der Waals surface area contributed by atoms with Crippen LogP contribution in [0.15, 0.2) is 48.5 Å². The van der Waals surface area contributed by atoms with Gasteiger partial charge < -0.3 is 5.32 Å². The van der Waals surface area contributed by atoms with Crippen LogP contribution in [0, 0.1) is 6.92 Å².